The molecule has 2 aromatic carbocycles. The molecule has 1 saturated heterocycles. The van der Waals surface area contributed by atoms with Gasteiger partial charge in [0.1, 0.15) is 17.0 Å². The van der Waals surface area contributed by atoms with Crippen molar-refractivity contribution in [1.29, 1.82) is 0 Å². The Bertz CT molecular complexity index is 1190. The summed E-state index contributed by atoms with van der Waals surface area (Å²) < 4.78 is 0. The molecule has 4 nitrogen and oxygen atoms in total. The largest absolute Gasteiger partial charge is 0.368 e. The molecule has 1 aliphatic heterocycles. The van der Waals surface area contributed by atoms with Gasteiger partial charge >= 0.3 is 0 Å². The van der Waals surface area contributed by atoms with E-state index in [-0.39, 0.29) is 0 Å². The van der Waals surface area contributed by atoms with Crippen molar-refractivity contribution in [2.75, 3.05) is 36.0 Å². The summed E-state index contributed by atoms with van der Waals surface area (Å²) >= 11 is 7.88. The number of thiophene rings is 1. The predicted molar refractivity (Wildman–Crippen MR) is 133 cm³/mol. The Morgan fingerprint density at radius 1 is 0.935 bits per heavy atom. The Morgan fingerprint density at radius 2 is 1.68 bits per heavy atom. The number of piperazine rings is 1. The van der Waals surface area contributed by atoms with Crippen LogP contribution in [0.4, 0.5) is 11.5 Å². The molecule has 0 unspecified atom stereocenters. The molecule has 0 amide bonds. The highest BCUT2D eigenvalue weighted by molar-refractivity contribution is 7.17. The van der Waals surface area contributed by atoms with Gasteiger partial charge in [0.25, 0.3) is 0 Å². The van der Waals surface area contributed by atoms with E-state index in [4.69, 9.17) is 16.6 Å². The molecule has 158 valence electrons. The van der Waals surface area contributed by atoms with Gasteiger partial charge in [-0.1, -0.05) is 55.8 Å². The Hall–Kier alpha value is -2.63. The van der Waals surface area contributed by atoms with Crippen molar-refractivity contribution in [3.63, 3.8) is 0 Å². The fourth-order valence-corrected chi connectivity index (χ4v) is 5.30. The molecule has 2 aromatic heterocycles. The van der Waals surface area contributed by atoms with Crippen LogP contribution in [0.1, 0.15) is 25.3 Å². The Morgan fingerprint density at radius 3 is 2.39 bits per heavy atom. The van der Waals surface area contributed by atoms with Crippen molar-refractivity contribution in [2.45, 2.75) is 19.8 Å². The van der Waals surface area contributed by atoms with E-state index < -0.39 is 0 Å². The van der Waals surface area contributed by atoms with Gasteiger partial charge in [-0.15, -0.1) is 11.3 Å². The predicted octanol–water partition coefficient (Wildman–Crippen LogP) is 6.46. The van der Waals surface area contributed by atoms with Crippen LogP contribution < -0.4 is 9.80 Å². The van der Waals surface area contributed by atoms with E-state index in [0.29, 0.717) is 5.92 Å². The minimum Gasteiger partial charge on any atom is -0.368 e. The molecule has 0 aliphatic carbocycles. The van der Waals surface area contributed by atoms with E-state index in [2.05, 4.69) is 64.3 Å². The monoisotopic (exact) mass is 448 g/mol. The second-order valence-electron chi connectivity index (χ2n) is 8.26. The molecule has 1 aliphatic rings. The molecule has 1 fully saturated rings. The van der Waals surface area contributed by atoms with Crippen LogP contribution >= 0.6 is 22.9 Å². The van der Waals surface area contributed by atoms with Gasteiger partial charge in [0.05, 0.1) is 5.39 Å². The van der Waals surface area contributed by atoms with Crippen molar-refractivity contribution in [3.05, 3.63) is 70.8 Å². The quantitative estimate of drug-likeness (QED) is 0.358. The Balaban J connectivity index is 1.44. The summed E-state index contributed by atoms with van der Waals surface area (Å²) in [5.74, 6) is 1.57. The number of aromatic nitrogens is 2. The summed E-state index contributed by atoms with van der Waals surface area (Å²) in [4.78, 5) is 15.1. The van der Waals surface area contributed by atoms with Crippen LogP contribution in [0.15, 0.2) is 60.2 Å². The number of fused-ring (bicyclic) bond motifs is 1. The lowest BCUT2D eigenvalue weighted by Gasteiger charge is -2.37. The zero-order valence-corrected chi connectivity index (χ0v) is 19.3. The van der Waals surface area contributed by atoms with Crippen LogP contribution in [0.2, 0.25) is 5.02 Å². The topological polar surface area (TPSA) is 32.3 Å². The van der Waals surface area contributed by atoms with E-state index in [9.17, 15) is 0 Å². The van der Waals surface area contributed by atoms with Gasteiger partial charge in [-0.2, -0.15) is 0 Å². The third kappa shape index (κ3) is 4.00. The highest BCUT2D eigenvalue weighted by Gasteiger charge is 2.22. The average Bonchev–Trinajstić information content (AvgIpc) is 3.24. The van der Waals surface area contributed by atoms with Crippen molar-refractivity contribution < 1.29 is 0 Å². The maximum absolute atomic E-state index is 6.19. The van der Waals surface area contributed by atoms with Crippen LogP contribution in [-0.2, 0) is 0 Å². The van der Waals surface area contributed by atoms with E-state index in [1.54, 1.807) is 17.7 Å². The Labute approximate surface area is 192 Å². The summed E-state index contributed by atoms with van der Waals surface area (Å²) in [6.07, 6.45) is 1.70. The molecular formula is C25H25ClN4S. The first kappa shape index (κ1) is 20.3. The average molecular weight is 449 g/mol. The number of halogens is 1. The Kier molecular flexibility index (Phi) is 5.55. The molecular weight excluding hydrogens is 424 g/mol. The number of nitrogens with zero attached hydrogens (tertiary/aromatic N) is 4. The highest BCUT2D eigenvalue weighted by Crippen LogP contribution is 2.38. The fourth-order valence-electron chi connectivity index (χ4n) is 4.21. The molecule has 0 N–H and O–H groups in total. The minimum atomic E-state index is 0.531. The molecule has 3 heterocycles. The first-order chi connectivity index (χ1) is 15.1. The van der Waals surface area contributed by atoms with E-state index in [0.717, 1.165) is 41.8 Å². The zero-order chi connectivity index (χ0) is 21.4. The number of hydrogen-bond donors (Lipinski definition) is 0. The molecule has 0 atom stereocenters. The first-order valence-corrected chi connectivity index (χ1v) is 11.9. The van der Waals surface area contributed by atoms with Crippen LogP contribution in [-0.4, -0.2) is 36.1 Å². The molecule has 4 aromatic rings. The molecule has 0 bridgehead atoms. The van der Waals surface area contributed by atoms with Gasteiger partial charge in [-0.05, 0) is 35.2 Å². The van der Waals surface area contributed by atoms with E-state index >= 15 is 0 Å². The van der Waals surface area contributed by atoms with E-state index in [1.165, 1.54) is 27.8 Å². The van der Waals surface area contributed by atoms with Gasteiger partial charge < -0.3 is 9.80 Å². The third-order valence-electron chi connectivity index (χ3n) is 5.99. The summed E-state index contributed by atoms with van der Waals surface area (Å²) in [5.41, 5.74) is 4.99. The van der Waals surface area contributed by atoms with Gasteiger partial charge in [0.15, 0.2) is 0 Å². The summed E-state index contributed by atoms with van der Waals surface area (Å²) in [5, 5.41) is 4.17. The summed E-state index contributed by atoms with van der Waals surface area (Å²) in [6.45, 7) is 8.16. The lowest BCUT2D eigenvalue weighted by Crippen LogP contribution is -2.46. The van der Waals surface area contributed by atoms with E-state index in [1.807, 2.05) is 18.2 Å². The maximum Gasteiger partial charge on any atom is 0.141 e. The zero-order valence-electron chi connectivity index (χ0n) is 17.8. The number of benzene rings is 2. The fraction of sp³-hybridized carbons (Fsp3) is 0.280. The molecule has 0 spiro atoms. The van der Waals surface area contributed by atoms with Gasteiger partial charge in [-0.25, -0.2) is 9.97 Å². The SMILES string of the molecule is CC(C)c1ccc(-c2csc3ncnc(N4CCN(c5cccc(Cl)c5)CC4)c23)cc1. The second kappa shape index (κ2) is 8.48. The number of rotatable bonds is 4. The van der Waals surface area contributed by atoms with Crippen molar-refractivity contribution in [1.82, 2.24) is 9.97 Å². The lowest BCUT2D eigenvalue weighted by molar-refractivity contribution is 0.649. The number of hydrogen-bond acceptors (Lipinski definition) is 5. The normalized spacial score (nSPS) is 14.6. The maximum atomic E-state index is 6.19. The third-order valence-corrected chi connectivity index (χ3v) is 7.11. The molecule has 31 heavy (non-hydrogen) atoms. The summed E-state index contributed by atoms with van der Waals surface area (Å²) in [7, 11) is 0. The minimum absolute atomic E-state index is 0.531. The number of anilines is 2. The van der Waals surface area contributed by atoms with Crippen LogP contribution in [0.3, 0.4) is 0 Å². The van der Waals surface area contributed by atoms with Crippen LogP contribution in [0, 0.1) is 0 Å². The van der Waals surface area contributed by atoms with Crippen molar-refractivity contribution >= 4 is 44.7 Å². The van der Waals surface area contributed by atoms with Crippen LogP contribution in [0.5, 0.6) is 0 Å². The molecule has 6 heteroatoms. The van der Waals surface area contributed by atoms with Crippen LogP contribution in [0.25, 0.3) is 21.3 Å². The highest BCUT2D eigenvalue weighted by atomic mass is 35.5. The smallest absolute Gasteiger partial charge is 0.141 e. The lowest BCUT2D eigenvalue weighted by atomic mass is 9.99. The molecule has 5 rings (SSSR count). The van der Waals surface area contributed by atoms with Crippen molar-refractivity contribution in [2.24, 2.45) is 0 Å². The van der Waals surface area contributed by atoms with Gasteiger partial charge in [0.2, 0.25) is 0 Å². The summed E-state index contributed by atoms with van der Waals surface area (Å²) in [6, 6.07) is 17.0. The second-order valence-corrected chi connectivity index (χ2v) is 9.55. The van der Waals surface area contributed by atoms with Crippen molar-refractivity contribution in [3.8, 4) is 11.1 Å². The molecule has 0 radical (unpaired) electrons. The van der Waals surface area contributed by atoms with Gasteiger partial charge in [-0.3, -0.25) is 0 Å². The van der Waals surface area contributed by atoms with Gasteiger partial charge in [0, 0.05) is 47.8 Å². The standard InChI is InChI=1S/C25H25ClN4S/c1-17(2)18-6-8-19(9-7-18)22-15-31-25-23(22)24(27-16-28-25)30-12-10-29(11-13-30)21-5-3-4-20(26)14-21/h3-9,14-17H,10-13H2,1-2H3. The molecule has 0 saturated carbocycles. The first-order valence-electron chi connectivity index (χ1n) is 10.7.